The van der Waals surface area contributed by atoms with Crippen LogP contribution in [-0.2, 0) is 9.47 Å². The third-order valence-electron chi connectivity index (χ3n) is 4.96. The van der Waals surface area contributed by atoms with Gasteiger partial charge in [-0.15, -0.1) is 0 Å². The molecule has 0 bridgehead atoms. The SMILES string of the molecule is COC(=O)c1cc(OC)ccc1-c1ccc(OC)cc1C(=O)OC.COc1ccc(Br)c(C(=O)O)c1. The largest absolute Gasteiger partial charge is 0.497 e. The second-order valence-electron chi connectivity index (χ2n) is 6.96. The van der Waals surface area contributed by atoms with Gasteiger partial charge in [-0.1, -0.05) is 0 Å². The number of carboxylic acid groups (broad SMARTS) is 1. The smallest absolute Gasteiger partial charge is 0.338 e. The average Bonchev–Trinajstić information content (AvgIpc) is 2.91. The first-order chi connectivity index (χ1) is 17.2. The highest BCUT2D eigenvalue weighted by atomic mass is 79.9. The zero-order chi connectivity index (χ0) is 26.8. The number of methoxy groups -OCH3 is 5. The van der Waals surface area contributed by atoms with Crippen LogP contribution in [0.15, 0.2) is 59.1 Å². The lowest BCUT2D eigenvalue weighted by atomic mass is 9.94. The molecule has 0 aliphatic heterocycles. The molecule has 0 aromatic heterocycles. The van der Waals surface area contributed by atoms with Crippen LogP contribution in [0.5, 0.6) is 17.2 Å². The van der Waals surface area contributed by atoms with Crippen LogP contribution in [0, 0.1) is 0 Å². The van der Waals surface area contributed by atoms with E-state index in [4.69, 9.17) is 28.8 Å². The van der Waals surface area contributed by atoms with Gasteiger partial charge in [-0.05, 0) is 81.7 Å². The monoisotopic (exact) mass is 560 g/mol. The number of aromatic carboxylic acids is 1. The summed E-state index contributed by atoms with van der Waals surface area (Å²) >= 11 is 3.12. The van der Waals surface area contributed by atoms with Crippen molar-refractivity contribution in [2.24, 2.45) is 0 Å². The number of benzene rings is 3. The lowest BCUT2D eigenvalue weighted by Gasteiger charge is -2.14. The van der Waals surface area contributed by atoms with Crippen LogP contribution in [0.25, 0.3) is 11.1 Å². The van der Waals surface area contributed by atoms with Gasteiger partial charge in [0.05, 0.1) is 52.2 Å². The van der Waals surface area contributed by atoms with E-state index in [1.165, 1.54) is 41.6 Å². The molecular formula is C26H25BrO9. The van der Waals surface area contributed by atoms with Gasteiger partial charge in [0.2, 0.25) is 0 Å². The number of carboxylic acids is 1. The molecule has 0 spiro atoms. The molecule has 0 heterocycles. The van der Waals surface area contributed by atoms with Gasteiger partial charge in [0.15, 0.2) is 0 Å². The molecule has 0 aliphatic carbocycles. The van der Waals surface area contributed by atoms with Gasteiger partial charge in [0, 0.05) is 4.47 Å². The van der Waals surface area contributed by atoms with Gasteiger partial charge >= 0.3 is 17.9 Å². The van der Waals surface area contributed by atoms with Crippen molar-refractivity contribution in [1.29, 1.82) is 0 Å². The molecule has 0 fully saturated rings. The number of ether oxygens (including phenoxy) is 5. The van der Waals surface area contributed by atoms with Crippen molar-refractivity contribution in [3.05, 3.63) is 75.8 Å². The van der Waals surface area contributed by atoms with Gasteiger partial charge in [-0.2, -0.15) is 0 Å². The number of esters is 2. The van der Waals surface area contributed by atoms with Gasteiger partial charge in [-0.3, -0.25) is 0 Å². The molecule has 0 aliphatic rings. The topological polar surface area (TPSA) is 118 Å². The third-order valence-corrected chi connectivity index (χ3v) is 5.65. The average molecular weight is 561 g/mol. The van der Waals surface area contributed by atoms with Crippen molar-refractivity contribution >= 4 is 33.8 Å². The number of hydrogen-bond donors (Lipinski definition) is 1. The van der Waals surface area contributed by atoms with E-state index in [2.05, 4.69) is 15.9 Å². The predicted molar refractivity (Wildman–Crippen MR) is 135 cm³/mol. The molecule has 3 aromatic carbocycles. The molecule has 0 radical (unpaired) electrons. The summed E-state index contributed by atoms with van der Waals surface area (Å²) in [5, 5.41) is 8.70. The summed E-state index contributed by atoms with van der Waals surface area (Å²) in [6.45, 7) is 0. The minimum atomic E-state index is -0.972. The molecule has 36 heavy (non-hydrogen) atoms. The Morgan fingerprint density at radius 1 is 0.611 bits per heavy atom. The van der Waals surface area contributed by atoms with E-state index >= 15 is 0 Å². The van der Waals surface area contributed by atoms with E-state index in [0.29, 0.717) is 32.8 Å². The molecule has 190 valence electrons. The lowest BCUT2D eigenvalue weighted by Crippen LogP contribution is -2.08. The summed E-state index contributed by atoms with van der Waals surface area (Å²) in [5.74, 6) is -0.484. The first-order valence-corrected chi connectivity index (χ1v) is 11.1. The van der Waals surface area contributed by atoms with Crippen molar-refractivity contribution in [2.45, 2.75) is 0 Å². The Labute approximate surface area is 216 Å². The first-order valence-electron chi connectivity index (χ1n) is 10.3. The number of carbonyl (C=O) groups is 3. The van der Waals surface area contributed by atoms with Crippen LogP contribution in [-0.4, -0.2) is 58.6 Å². The zero-order valence-electron chi connectivity index (χ0n) is 20.3. The van der Waals surface area contributed by atoms with E-state index < -0.39 is 17.9 Å². The summed E-state index contributed by atoms with van der Waals surface area (Å²) in [5.41, 5.74) is 1.84. The van der Waals surface area contributed by atoms with Crippen molar-refractivity contribution < 1.29 is 43.2 Å². The van der Waals surface area contributed by atoms with Crippen LogP contribution in [0.4, 0.5) is 0 Å². The highest BCUT2D eigenvalue weighted by Gasteiger charge is 2.21. The van der Waals surface area contributed by atoms with Crippen molar-refractivity contribution in [1.82, 2.24) is 0 Å². The minimum absolute atomic E-state index is 0.203. The molecule has 0 atom stereocenters. The Morgan fingerprint density at radius 3 is 1.31 bits per heavy atom. The lowest BCUT2D eigenvalue weighted by molar-refractivity contribution is 0.0589. The third kappa shape index (κ3) is 6.76. The molecule has 3 aromatic rings. The van der Waals surface area contributed by atoms with Crippen LogP contribution < -0.4 is 14.2 Å². The summed E-state index contributed by atoms with van der Waals surface area (Å²) in [4.78, 5) is 34.9. The number of halogens is 1. The van der Waals surface area contributed by atoms with Crippen molar-refractivity contribution in [3.63, 3.8) is 0 Å². The molecule has 3 rings (SSSR count). The molecule has 0 saturated carbocycles. The van der Waals surface area contributed by atoms with Crippen LogP contribution in [0.1, 0.15) is 31.1 Å². The number of carbonyl (C=O) groups excluding carboxylic acids is 2. The molecule has 0 saturated heterocycles. The fourth-order valence-electron chi connectivity index (χ4n) is 3.12. The van der Waals surface area contributed by atoms with Crippen molar-refractivity contribution in [2.75, 3.05) is 35.5 Å². The van der Waals surface area contributed by atoms with Gasteiger partial charge in [0.1, 0.15) is 17.2 Å². The van der Waals surface area contributed by atoms with E-state index in [1.807, 2.05) is 0 Å². The number of hydrogen-bond acceptors (Lipinski definition) is 8. The first kappa shape index (κ1) is 28.2. The molecule has 9 nitrogen and oxygen atoms in total. The normalized spacial score (nSPS) is 9.83. The quantitative estimate of drug-likeness (QED) is 0.393. The molecule has 1 N–H and O–H groups in total. The fourth-order valence-corrected chi connectivity index (χ4v) is 3.54. The highest BCUT2D eigenvalue weighted by molar-refractivity contribution is 9.10. The second kappa shape index (κ2) is 13.1. The second-order valence-corrected chi connectivity index (χ2v) is 7.81. The summed E-state index contributed by atoms with van der Waals surface area (Å²) in [7, 11) is 7.09. The molecule has 0 unspecified atom stereocenters. The summed E-state index contributed by atoms with van der Waals surface area (Å²) in [6, 6.07) is 14.7. The maximum atomic E-state index is 12.1. The van der Waals surface area contributed by atoms with E-state index in [1.54, 1.807) is 48.5 Å². The van der Waals surface area contributed by atoms with E-state index in [9.17, 15) is 14.4 Å². The van der Waals surface area contributed by atoms with Crippen LogP contribution in [0.3, 0.4) is 0 Å². The van der Waals surface area contributed by atoms with Crippen LogP contribution in [0.2, 0.25) is 0 Å². The Kier molecular flexibility index (Phi) is 10.3. The van der Waals surface area contributed by atoms with Crippen LogP contribution >= 0.6 is 15.9 Å². The van der Waals surface area contributed by atoms with Gasteiger partial charge in [-0.25, -0.2) is 14.4 Å². The Morgan fingerprint density at radius 2 is 0.972 bits per heavy atom. The Bertz CT molecular complexity index is 1190. The zero-order valence-corrected chi connectivity index (χ0v) is 21.9. The standard InChI is InChI=1S/C18H18O6.C8H7BrO3/c1-21-11-5-7-13(15(9-11)17(19)23-3)14-8-6-12(22-2)10-16(14)18(20)24-4;1-12-5-2-3-7(9)6(4-5)8(10)11/h5-10H,1-4H3;2-4H,1H3,(H,10,11). The maximum Gasteiger partial charge on any atom is 0.338 e. The van der Waals surface area contributed by atoms with Gasteiger partial charge in [0.25, 0.3) is 0 Å². The molecular weight excluding hydrogens is 536 g/mol. The van der Waals surface area contributed by atoms with E-state index in [-0.39, 0.29) is 16.7 Å². The van der Waals surface area contributed by atoms with Gasteiger partial charge < -0.3 is 28.8 Å². The molecule has 0 amide bonds. The summed E-state index contributed by atoms with van der Waals surface area (Å²) in [6.07, 6.45) is 0. The Balaban J connectivity index is 0.000000319. The maximum absolute atomic E-state index is 12.1. The predicted octanol–water partition coefficient (Wildman–Crippen LogP) is 5.10. The summed E-state index contributed by atoms with van der Waals surface area (Å²) < 4.78 is 25.4. The fraction of sp³-hybridized carbons (Fsp3) is 0.192. The molecule has 10 heteroatoms. The highest BCUT2D eigenvalue weighted by Crippen LogP contribution is 2.33. The number of rotatable bonds is 7. The Hall–Kier alpha value is -4.05. The van der Waals surface area contributed by atoms with Crippen molar-refractivity contribution in [3.8, 4) is 28.4 Å². The van der Waals surface area contributed by atoms with E-state index in [0.717, 1.165) is 0 Å². The minimum Gasteiger partial charge on any atom is -0.497 e.